The zero-order chi connectivity index (χ0) is 42.6. The number of ether oxygens (including phenoxy) is 2. The lowest BCUT2D eigenvalue weighted by atomic mass is 10.1. The fourth-order valence-corrected chi connectivity index (χ4v) is 6.57. The summed E-state index contributed by atoms with van der Waals surface area (Å²) in [7, 11) is -4.40. The first-order valence-electron chi connectivity index (χ1n) is 22.5. The lowest BCUT2D eigenvalue weighted by molar-refractivity contribution is -0.161. The van der Waals surface area contributed by atoms with E-state index in [1.807, 2.05) is 55.5 Å². The first-order valence-corrected chi connectivity index (χ1v) is 24.0. The highest BCUT2D eigenvalue weighted by Crippen LogP contribution is 2.43. The van der Waals surface area contributed by atoms with Gasteiger partial charge in [-0.1, -0.05) is 164 Å². The normalized spacial score (nSPS) is 14.5. The Balaban J connectivity index is 4.25. The number of rotatable bonds is 41. The molecular weight excluding hydrogens is 753 g/mol. The highest BCUT2D eigenvalue weighted by Gasteiger charge is 2.26. The minimum atomic E-state index is -4.40. The smallest absolute Gasteiger partial charge is 0.462 e. The number of hydrogen-bond donors (Lipinski definition) is 3. The topological polar surface area (TPSA) is 155 Å². The number of nitrogens with two attached hydrogens (primary N) is 1. The summed E-state index contributed by atoms with van der Waals surface area (Å²) in [5.41, 5.74) is 5.34. The Bertz CT molecular complexity index is 1200. The van der Waals surface area contributed by atoms with E-state index in [9.17, 15) is 24.2 Å². The Labute approximate surface area is 353 Å². The van der Waals surface area contributed by atoms with Crippen molar-refractivity contribution < 1.29 is 42.7 Å². The number of esters is 2. The van der Waals surface area contributed by atoms with Gasteiger partial charge in [0.1, 0.15) is 6.61 Å². The quantitative estimate of drug-likeness (QED) is 0.0178. The van der Waals surface area contributed by atoms with Crippen LogP contribution in [0.25, 0.3) is 0 Å². The van der Waals surface area contributed by atoms with Crippen molar-refractivity contribution in [1.29, 1.82) is 0 Å². The Morgan fingerprint density at radius 3 is 1.79 bits per heavy atom. The van der Waals surface area contributed by atoms with Gasteiger partial charge in [0.25, 0.3) is 0 Å². The fraction of sp³-hybridized carbons (Fsp3) is 0.702. The van der Waals surface area contributed by atoms with Gasteiger partial charge in [-0.05, 0) is 70.6 Å². The van der Waals surface area contributed by atoms with E-state index in [-0.39, 0.29) is 32.6 Å². The molecule has 0 aromatic carbocycles. The van der Waals surface area contributed by atoms with Crippen LogP contribution in [0.4, 0.5) is 0 Å². The molecule has 2 unspecified atom stereocenters. The molecule has 0 aliphatic carbocycles. The minimum Gasteiger partial charge on any atom is -0.462 e. The van der Waals surface area contributed by atoms with Gasteiger partial charge in [-0.2, -0.15) is 0 Å². The van der Waals surface area contributed by atoms with Gasteiger partial charge in [-0.3, -0.25) is 18.6 Å². The van der Waals surface area contributed by atoms with Crippen LogP contribution in [0.15, 0.2) is 72.9 Å². The van der Waals surface area contributed by atoms with Crippen LogP contribution >= 0.6 is 7.82 Å². The summed E-state index contributed by atoms with van der Waals surface area (Å²) >= 11 is 0. The van der Waals surface area contributed by atoms with Crippen molar-refractivity contribution in [2.24, 2.45) is 5.73 Å². The molecule has 0 aromatic rings. The van der Waals surface area contributed by atoms with Gasteiger partial charge >= 0.3 is 19.8 Å². The standard InChI is InChI=1S/C47H82NO9P/c1-3-5-7-8-9-10-11-12-13-14-15-16-17-18-23-26-29-32-35-39-47(51)57-45(43-56-58(52,53)55-41-40-48)42-54-46(50)38-34-31-28-25-22-20-19-21-24-27-30-33-37-44(49)36-6-4-2/h6,12-13,19-20,24-25,27-28,30,33,36,44-45,49H,3-5,7-11,14-18,21-23,26,29,31-32,34-35,37-43,48H2,1-2H3,(H,52,53)/b13-12-,20-19-,27-24-,28-25-,33-30+,36-6-/t44?,45-/m1/s1. The van der Waals surface area contributed by atoms with Gasteiger partial charge in [0.05, 0.1) is 19.3 Å². The second kappa shape index (κ2) is 42.5. The van der Waals surface area contributed by atoms with Crippen molar-refractivity contribution in [3.8, 4) is 0 Å². The first kappa shape index (κ1) is 55.4. The maximum Gasteiger partial charge on any atom is 0.472 e. The minimum absolute atomic E-state index is 0.0359. The van der Waals surface area contributed by atoms with Crippen LogP contribution in [0.2, 0.25) is 0 Å². The number of hydrogen-bond acceptors (Lipinski definition) is 9. The van der Waals surface area contributed by atoms with Crippen LogP contribution in [-0.2, 0) is 32.7 Å². The van der Waals surface area contributed by atoms with Crippen molar-refractivity contribution in [3.05, 3.63) is 72.9 Å². The van der Waals surface area contributed by atoms with Crippen LogP contribution in [0, 0.1) is 0 Å². The molecule has 0 amide bonds. The highest BCUT2D eigenvalue weighted by molar-refractivity contribution is 7.47. The Morgan fingerprint density at radius 2 is 1.16 bits per heavy atom. The van der Waals surface area contributed by atoms with E-state index < -0.39 is 38.6 Å². The average molecular weight is 836 g/mol. The molecule has 0 fully saturated rings. The molecule has 0 rings (SSSR count). The predicted molar refractivity (Wildman–Crippen MR) is 239 cm³/mol. The SMILES string of the molecule is CC/C=C\C(O)C/C=C/C=C\C/C=C\C/C=C\CCCC(=O)OC[C@H](COP(=O)(O)OCCN)OC(=O)CCCCCCCCCCC/C=C\CCCCCCCC. The zero-order valence-corrected chi connectivity index (χ0v) is 37.3. The second-order valence-corrected chi connectivity index (χ2v) is 16.2. The lowest BCUT2D eigenvalue weighted by Gasteiger charge is -2.19. The Morgan fingerprint density at radius 1 is 0.621 bits per heavy atom. The summed E-state index contributed by atoms with van der Waals surface area (Å²) in [6.07, 6.45) is 48.5. The molecule has 10 nitrogen and oxygen atoms in total. The van der Waals surface area contributed by atoms with E-state index >= 15 is 0 Å². The third-order valence-electron chi connectivity index (χ3n) is 9.15. The first-order chi connectivity index (χ1) is 28.2. The summed E-state index contributed by atoms with van der Waals surface area (Å²) in [5.74, 6) is -0.926. The van der Waals surface area contributed by atoms with E-state index in [1.54, 1.807) is 0 Å². The monoisotopic (exact) mass is 836 g/mol. The summed E-state index contributed by atoms with van der Waals surface area (Å²) in [5, 5.41) is 9.76. The third-order valence-corrected chi connectivity index (χ3v) is 10.1. The molecule has 0 saturated heterocycles. The molecule has 3 atom stereocenters. The van der Waals surface area contributed by atoms with Gasteiger partial charge in [0.15, 0.2) is 6.10 Å². The number of carbonyl (C=O) groups excluding carboxylic acids is 2. The molecule has 0 aromatic heterocycles. The number of unbranched alkanes of at least 4 members (excludes halogenated alkanes) is 16. The van der Waals surface area contributed by atoms with Crippen LogP contribution in [0.5, 0.6) is 0 Å². The summed E-state index contributed by atoms with van der Waals surface area (Å²) < 4.78 is 32.7. The molecule has 11 heteroatoms. The largest absolute Gasteiger partial charge is 0.472 e. The van der Waals surface area contributed by atoms with Crippen LogP contribution in [-0.4, -0.2) is 60.5 Å². The Kier molecular flexibility index (Phi) is 40.6. The number of phosphoric ester groups is 1. The van der Waals surface area contributed by atoms with E-state index in [0.717, 1.165) is 38.5 Å². The summed E-state index contributed by atoms with van der Waals surface area (Å²) in [6, 6.07) is 0. The predicted octanol–water partition coefficient (Wildman–Crippen LogP) is 12.0. The highest BCUT2D eigenvalue weighted by atomic mass is 31.2. The lowest BCUT2D eigenvalue weighted by Crippen LogP contribution is -2.29. The molecule has 0 bridgehead atoms. The molecule has 0 radical (unpaired) electrons. The molecule has 334 valence electrons. The van der Waals surface area contributed by atoms with E-state index in [0.29, 0.717) is 25.7 Å². The Hall–Kier alpha value is -2.59. The van der Waals surface area contributed by atoms with Gasteiger partial charge < -0.3 is 25.2 Å². The fourth-order valence-electron chi connectivity index (χ4n) is 5.80. The van der Waals surface area contributed by atoms with Gasteiger partial charge in [-0.15, -0.1) is 0 Å². The second-order valence-electron chi connectivity index (χ2n) is 14.7. The van der Waals surface area contributed by atoms with Crippen molar-refractivity contribution in [3.63, 3.8) is 0 Å². The molecule has 0 aliphatic rings. The molecule has 58 heavy (non-hydrogen) atoms. The van der Waals surface area contributed by atoms with E-state index in [4.69, 9.17) is 24.3 Å². The average Bonchev–Trinajstić information content (AvgIpc) is 3.21. The molecular formula is C47H82NO9P. The van der Waals surface area contributed by atoms with Gasteiger partial charge in [-0.25, -0.2) is 4.57 Å². The number of aliphatic hydroxyl groups is 1. The molecule has 0 spiro atoms. The summed E-state index contributed by atoms with van der Waals surface area (Å²) in [4.78, 5) is 34.9. The van der Waals surface area contributed by atoms with Crippen molar-refractivity contribution in [1.82, 2.24) is 0 Å². The van der Waals surface area contributed by atoms with Crippen molar-refractivity contribution in [2.75, 3.05) is 26.4 Å². The molecule has 4 N–H and O–H groups in total. The number of carbonyl (C=O) groups is 2. The summed E-state index contributed by atoms with van der Waals surface area (Å²) in [6.45, 7) is 3.41. The number of allylic oxidation sites excluding steroid dienone is 10. The zero-order valence-electron chi connectivity index (χ0n) is 36.4. The van der Waals surface area contributed by atoms with Crippen molar-refractivity contribution >= 4 is 19.8 Å². The maximum atomic E-state index is 12.6. The third kappa shape index (κ3) is 41.6. The maximum absolute atomic E-state index is 12.6. The molecule has 0 aliphatic heterocycles. The molecule has 0 heterocycles. The van der Waals surface area contributed by atoms with Crippen LogP contribution in [0.1, 0.15) is 174 Å². The van der Waals surface area contributed by atoms with E-state index in [2.05, 4.69) is 31.2 Å². The molecule has 0 saturated carbocycles. The van der Waals surface area contributed by atoms with Crippen LogP contribution in [0.3, 0.4) is 0 Å². The van der Waals surface area contributed by atoms with Gasteiger partial charge in [0.2, 0.25) is 0 Å². The number of aliphatic hydroxyl groups excluding tert-OH is 1. The van der Waals surface area contributed by atoms with Gasteiger partial charge in [0, 0.05) is 19.4 Å². The van der Waals surface area contributed by atoms with Crippen molar-refractivity contribution in [2.45, 2.75) is 187 Å². The van der Waals surface area contributed by atoms with Crippen LogP contribution < -0.4 is 5.73 Å². The number of phosphoric acid groups is 1. The van der Waals surface area contributed by atoms with E-state index in [1.165, 1.54) is 83.5 Å².